The molecule has 0 radical (unpaired) electrons. The minimum Gasteiger partial charge on any atom is -0.461 e. The summed E-state index contributed by atoms with van der Waals surface area (Å²) in [5, 5.41) is 2.79. The second-order valence-corrected chi connectivity index (χ2v) is 7.79. The van der Waals surface area contributed by atoms with Gasteiger partial charge in [-0.1, -0.05) is 31.5 Å². The van der Waals surface area contributed by atoms with Crippen molar-refractivity contribution in [3.8, 4) is 0 Å². The maximum atomic E-state index is 12.5. The van der Waals surface area contributed by atoms with E-state index in [9.17, 15) is 14.4 Å². The van der Waals surface area contributed by atoms with E-state index in [0.717, 1.165) is 24.8 Å². The molecule has 1 unspecified atom stereocenters. The normalized spacial score (nSPS) is 17.3. The molecule has 0 aromatic heterocycles. The van der Waals surface area contributed by atoms with Gasteiger partial charge in [-0.2, -0.15) is 0 Å². The molecule has 2 rings (SSSR count). The molecular weight excluding hydrogens is 346 g/mol. The SMILES string of the molecule is CCC(=O)OCc1cccc(C2CCCCC2=O)c1NC(=O)OC(C)(C)C. The third-order valence-electron chi connectivity index (χ3n) is 4.42. The number of benzene rings is 1. The van der Waals surface area contributed by atoms with Crippen LogP contribution in [0.5, 0.6) is 0 Å². The van der Waals surface area contributed by atoms with Crippen molar-refractivity contribution in [3.05, 3.63) is 29.3 Å². The molecule has 0 aliphatic heterocycles. The lowest BCUT2D eigenvalue weighted by Crippen LogP contribution is -2.28. The topological polar surface area (TPSA) is 81.7 Å². The molecule has 6 nitrogen and oxygen atoms in total. The van der Waals surface area contributed by atoms with E-state index in [1.807, 2.05) is 12.1 Å². The van der Waals surface area contributed by atoms with Gasteiger partial charge in [0.2, 0.25) is 0 Å². The summed E-state index contributed by atoms with van der Waals surface area (Å²) >= 11 is 0. The lowest BCUT2D eigenvalue weighted by Gasteiger charge is -2.26. The first-order valence-electron chi connectivity index (χ1n) is 9.51. The number of ether oxygens (including phenoxy) is 2. The average molecular weight is 375 g/mol. The number of amides is 1. The van der Waals surface area contributed by atoms with E-state index in [-0.39, 0.29) is 30.7 Å². The van der Waals surface area contributed by atoms with E-state index < -0.39 is 11.7 Å². The fourth-order valence-electron chi connectivity index (χ4n) is 3.16. The molecule has 1 fully saturated rings. The minimum atomic E-state index is -0.644. The van der Waals surface area contributed by atoms with Crippen LogP contribution >= 0.6 is 0 Å². The highest BCUT2D eigenvalue weighted by Crippen LogP contribution is 2.36. The van der Waals surface area contributed by atoms with Crippen LogP contribution in [0.4, 0.5) is 10.5 Å². The number of esters is 1. The lowest BCUT2D eigenvalue weighted by atomic mass is 9.81. The Morgan fingerprint density at radius 2 is 1.96 bits per heavy atom. The van der Waals surface area contributed by atoms with Crippen molar-refractivity contribution in [2.75, 3.05) is 5.32 Å². The van der Waals surface area contributed by atoms with Gasteiger partial charge < -0.3 is 9.47 Å². The zero-order valence-electron chi connectivity index (χ0n) is 16.6. The molecule has 0 heterocycles. The van der Waals surface area contributed by atoms with Crippen LogP contribution in [0.3, 0.4) is 0 Å². The largest absolute Gasteiger partial charge is 0.461 e. The van der Waals surface area contributed by atoms with Crippen LogP contribution in [0.2, 0.25) is 0 Å². The number of hydrogen-bond acceptors (Lipinski definition) is 5. The molecule has 1 N–H and O–H groups in total. The number of ketones is 1. The number of hydrogen-bond donors (Lipinski definition) is 1. The van der Waals surface area contributed by atoms with Crippen LogP contribution in [0.1, 0.15) is 76.8 Å². The summed E-state index contributed by atoms with van der Waals surface area (Å²) in [6.45, 7) is 7.11. The first kappa shape index (κ1) is 20.9. The summed E-state index contributed by atoms with van der Waals surface area (Å²) in [7, 11) is 0. The number of carbonyl (C=O) groups is 3. The Balaban J connectivity index is 2.35. The minimum absolute atomic E-state index is 0.0343. The van der Waals surface area contributed by atoms with Gasteiger partial charge in [0, 0.05) is 24.3 Å². The van der Waals surface area contributed by atoms with Gasteiger partial charge in [-0.15, -0.1) is 0 Å². The Morgan fingerprint density at radius 1 is 1.22 bits per heavy atom. The average Bonchev–Trinajstić information content (AvgIpc) is 2.59. The van der Waals surface area contributed by atoms with Gasteiger partial charge in [0.05, 0.1) is 5.69 Å². The van der Waals surface area contributed by atoms with Crippen molar-refractivity contribution in [2.45, 2.75) is 77.9 Å². The predicted molar refractivity (Wildman–Crippen MR) is 103 cm³/mol. The third-order valence-corrected chi connectivity index (χ3v) is 4.42. The third kappa shape index (κ3) is 6.08. The van der Waals surface area contributed by atoms with Crippen molar-refractivity contribution < 1.29 is 23.9 Å². The summed E-state index contributed by atoms with van der Waals surface area (Å²) in [6, 6.07) is 5.46. The quantitative estimate of drug-likeness (QED) is 0.754. The number of rotatable bonds is 5. The summed E-state index contributed by atoms with van der Waals surface area (Å²) in [4.78, 5) is 36.4. The molecule has 1 atom stereocenters. The van der Waals surface area contributed by atoms with Gasteiger partial charge in [0.1, 0.15) is 18.0 Å². The molecule has 1 aromatic carbocycles. The number of nitrogens with one attached hydrogen (secondary N) is 1. The number of para-hydroxylation sites is 1. The number of Topliss-reactive ketones (excluding diaryl/α,β-unsaturated/α-hetero) is 1. The van der Waals surface area contributed by atoms with Gasteiger partial charge in [0.15, 0.2) is 0 Å². The van der Waals surface area contributed by atoms with E-state index in [4.69, 9.17) is 9.47 Å². The Labute approximate surface area is 160 Å². The van der Waals surface area contributed by atoms with Crippen LogP contribution in [0, 0.1) is 0 Å². The van der Waals surface area contributed by atoms with Crippen molar-refractivity contribution in [3.63, 3.8) is 0 Å². The van der Waals surface area contributed by atoms with Crippen LogP contribution in [0.15, 0.2) is 18.2 Å². The molecule has 27 heavy (non-hydrogen) atoms. The van der Waals surface area contributed by atoms with Gasteiger partial charge >= 0.3 is 12.1 Å². The van der Waals surface area contributed by atoms with Crippen LogP contribution in [-0.2, 0) is 25.7 Å². The predicted octanol–water partition coefficient (Wildman–Crippen LogP) is 4.71. The summed E-state index contributed by atoms with van der Waals surface area (Å²) < 4.78 is 10.6. The highest BCUT2D eigenvalue weighted by molar-refractivity contribution is 5.92. The molecule has 0 bridgehead atoms. The summed E-state index contributed by atoms with van der Waals surface area (Å²) in [5.41, 5.74) is 1.28. The highest BCUT2D eigenvalue weighted by Gasteiger charge is 2.28. The van der Waals surface area contributed by atoms with Crippen molar-refractivity contribution >= 4 is 23.5 Å². The van der Waals surface area contributed by atoms with Gasteiger partial charge in [-0.25, -0.2) is 4.79 Å². The maximum Gasteiger partial charge on any atom is 0.412 e. The molecule has 6 heteroatoms. The van der Waals surface area contributed by atoms with E-state index in [0.29, 0.717) is 17.7 Å². The van der Waals surface area contributed by atoms with Crippen LogP contribution in [-0.4, -0.2) is 23.4 Å². The molecule has 1 amide bonds. The highest BCUT2D eigenvalue weighted by atomic mass is 16.6. The molecule has 1 aromatic rings. The van der Waals surface area contributed by atoms with Crippen LogP contribution < -0.4 is 5.32 Å². The standard InChI is InChI=1S/C21H29NO5/c1-5-18(24)26-13-14-9-8-11-16(15-10-6-7-12-17(15)23)19(14)22-20(25)27-21(2,3)4/h8-9,11,15H,5-7,10,12-13H2,1-4H3,(H,22,25). The van der Waals surface area contributed by atoms with E-state index in [1.165, 1.54) is 0 Å². The Hall–Kier alpha value is -2.37. The molecule has 1 aliphatic rings. The molecule has 148 valence electrons. The molecular formula is C21H29NO5. The number of carbonyl (C=O) groups excluding carboxylic acids is 3. The number of anilines is 1. The maximum absolute atomic E-state index is 12.5. The molecule has 1 saturated carbocycles. The molecule has 0 spiro atoms. The first-order chi connectivity index (χ1) is 12.7. The van der Waals surface area contributed by atoms with Crippen LogP contribution in [0.25, 0.3) is 0 Å². The molecule has 1 aliphatic carbocycles. The van der Waals surface area contributed by atoms with Gasteiger partial charge in [-0.05, 0) is 39.2 Å². The van der Waals surface area contributed by atoms with Crippen molar-refractivity contribution in [1.29, 1.82) is 0 Å². The van der Waals surface area contributed by atoms with Crippen molar-refractivity contribution in [1.82, 2.24) is 0 Å². The second-order valence-electron chi connectivity index (χ2n) is 7.79. The van der Waals surface area contributed by atoms with Gasteiger partial charge in [0.25, 0.3) is 0 Å². The Morgan fingerprint density at radius 3 is 2.59 bits per heavy atom. The Kier molecular flexibility index (Phi) is 6.99. The zero-order valence-corrected chi connectivity index (χ0v) is 16.6. The second kappa shape index (κ2) is 9.02. The van der Waals surface area contributed by atoms with E-state index in [2.05, 4.69) is 5.32 Å². The summed E-state index contributed by atoms with van der Waals surface area (Å²) in [5.74, 6) is -0.404. The fraction of sp³-hybridized carbons (Fsp3) is 0.571. The van der Waals surface area contributed by atoms with E-state index >= 15 is 0 Å². The van der Waals surface area contributed by atoms with Crippen molar-refractivity contribution in [2.24, 2.45) is 0 Å². The zero-order chi connectivity index (χ0) is 20.0. The first-order valence-corrected chi connectivity index (χ1v) is 9.51. The Bertz CT molecular complexity index is 705. The lowest BCUT2D eigenvalue weighted by molar-refractivity contribution is -0.144. The monoisotopic (exact) mass is 375 g/mol. The smallest absolute Gasteiger partial charge is 0.412 e. The summed E-state index contributed by atoms with van der Waals surface area (Å²) in [6.07, 6.45) is 2.84. The van der Waals surface area contributed by atoms with Gasteiger partial charge in [-0.3, -0.25) is 14.9 Å². The molecule has 0 saturated heterocycles. The fourth-order valence-corrected chi connectivity index (χ4v) is 3.16. The van der Waals surface area contributed by atoms with E-state index in [1.54, 1.807) is 33.8 Å².